The standard InChI is InChI=1S/C5H11ClO3S/c1-8-3-5(9-2)4-10(6)7/h5H,3-4H2,1-2H3. The number of halogens is 1. The fourth-order valence-electron chi connectivity index (χ4n) is 0.516. The number of rotatable bonds is 5. The molecule has 10 heavy (non-hydrogen) atoms. The summed E-state index contributed by atoms with van der Waals surface area (Å²) in [5.41, 5.74) is 0. The quantitative estimate of drug-likeness (QED) is 0.589. The third kappa shape index (κ3) is 5.17. The third-order valence-electron chi connectivity index (χ3n) is 1.00. The predicted molar refractivity (Wildman–Crippen MR) is 41.5 cm³/mol. The van der Waals surface area contributed by atoms with Gasteiger partial charge in [0.05, 0.1) is 18.5 Å². The molecule has 0 radical (unpaired) electrons. The summed E-state index contributed by atoms with van der Waals surface area (Å²) < 4.78 is 20.1. The maximum absolute atomic E-state index is 10.4. The van der Waals surface area contributed by atoms with E-state index in [4.69, 9.17) is 20.2 Å². The molecule has 0 aliphatic rings. The van der Waals surface area contributed by atoms with Gasteiger partial charge in [-0.15, -0.1) is 0 Å². The fourth-order valence-corrected chi connectivity index (χ4v) is 1.46. The van der Waals surface area contributed by atoms with Gasteiger partial charge in [0.25, 0.3) is 0 Å². The molecule has 0 aromatic heterocycles. The first-order valence-corrected chi connectivity index (χ1v) is 4.91. The lowest BCUT2D eigenvalue weighted by molar-refractivity contribution is 0.0427. The number of methoxy groups -OCH3 is 2. The number of hydrogen-bond donors (Lipinski definition) is 0. The van der Waals surface area contributed by atoms with E-state index in [1.165, 1.54) is 7.11 Å². The molecule has 0 amide bonds. The predicted octanol–water partition coefficient (Wildman–Crippen LogP) is 0.550. The van der Waals surface area contributed by atoms with Gasteiger partial charge in [0.1, 0.15) is 10.0 Å². The van der Waals surface area contributed by atoms with Crippen molar-refractivity contribution in [3.63, 3.8) is 0 Å². The van der Waals surface area contributed by atoms with E-state index in [9.17, 15) is 4.21 Å². The van der Waals surface area contributed by atoms with Gasteiger partial charge < -0.3 is 9.47 Å². The molecule has 3 nitrogen and oxygen atoms in total. The molecule has 0 aromatic carbocycles. The topological polar surface area (TPSA) is 35.5 Å². The van der Waals surface area contributed by atoms with Crippen molar-refractivity contribution >= 4 is 20.7 Å². The van der Waals surface area contributed by atoms with Crippen LogP contribution in [0.5, 0.6) is 0 Å². The Morgan fingerprint density at radius 1 is 1.60 bits per heavy atom. The summed E-state index contributed by atoms with van der Waals surface area (Å²) >= 11 is 0. The van der Waals surface area contributed by atoms with E-state index in [2.05, 4.69) is 0 Å². The molecule has 0 rings (SSSR count). The van der Waals surface area contributed by atoms with Crippen molar-refractivity contribution in [1.29, 1.82) is 0 Å². The van der Waals surface area contributed by atoms with E-state index < -0.39 is 10.0 Å². The second kappa shape index (κ2) is 6.09. The minimum absolute atomic E-state index is 0.164. The highest BCUT2D eigenvalue weighted by atomic mass is 35.7. The van der Waals surface area contributed by atoms with Crippen LogP contribution in [-0.2, 0) is 19.5 Å². The van der Waals surface area contributed by atoms with Crippen LogP contribution in [0.15, 0.2) is 0 Å². The van der Waals surface area contributed by atoms with Crippen LogP contribution in [0.1, 0.15) is 0 Å². The second-order valence-corrected chi connectivity index (χ2v) is 3.72. The molecule has 0 saturated heterocycles. The average Bonchev–Trinajstić information content (AvgIpc) is 1.86. The van der Waals surface area contributed by atoms with E-state index in [0.717, 1.165) is 0 Å². The van der Waals surface area contributed by atoms with Crippen LogP contribution in [0.25, 0.3) is 0 Å². The largest absolute Gasteiger partial charge is 0.382 e. The molecule has 0 bridgehead atoms. The fraction of sp³-hybridized carbons (Fsp3) is 1.00. The average molecular weight is 187 g/mol. The van der Waals surface area contributed by atoms with Crippen molar-refractivity contribution in [2.24, 2.45) is 0 Å². The SMILES string of the molecule is COCC(CS(=O)Cl)OC. The van der Waals surface area contributed by atoms with Crippen molar-refractivity contribution in [2.45, 2.75) is 6.10 Å². The smallest absolute Gasteiger partial charge is 0.117 e. The highest BCUT2D eigenvalue weighted by Gasteiger charge is 2.09. The summed E-state index contributed by atoms with van der Waals surface area (Å²) in [6.07, 6.45) is -0.164. The molecule has 5 heteroatoms. The lowest BCUT2D eigenvalue weighted by Crippen LogP contribution is -2.22. The van der Waals surface area contributed by atoms with E-state index in [0.29, 0.717) is 12.4 Å². The summed E-state index contributed by atoms with van der Waals surface area (Å²) in [6.45, 7) is 0.426. The highest BCUT2D eigenvalue weighted by Crippen LogP contribution is 1.97. The Balaban J connectivity index is 3.49. The first-order chi connectivity index (χ1) is 4.70. The van der Waals surface area contributed by atoms with Crippen molar-refractivity contribution in [3.8, 4) is 0 Å². The van der Waals surface area contributed by atoms with Crippen LogP contribution in [0.4, 0.5) is 0 Å². The van der Waals surface area contributed by atoms with Crippen molar-refractivity contribution in [3.05, 3.63) is 0 Å². The minimum atomic E-state index is -1.33. The first-order valence-electron chi connectivity index (χ1n) is 2.77. The van der Waals surface area contributed by atoms with Gasteiger partial charge in [-0.05, 0) is 10.7 Å². The summed E-state index contributed by atoms with van der Waals surface area (Å²) in [6, 6.07) is 0. The van der Waals surface area contributed by atoms with Crippen molar-refractivity contribution in [2.75, 3.05) is 26.6 Å². The Kier molecular flexibility index (Phi) is 6.31. The lowest BCUT2D eigenvalue weighted by Gasteiger charge is -2.10. The van der Waals surface area contributed by atoms with Gasteiger partial charge in [-0.3, -0.25) is 0 Å². The maximum Gasteiger partial charge on any atom is 0.117 e. The summed E-state index contributed by atoms with van der Waals surface area (Å²) in [7, 11) is 6.99. The molecule has 0 aromatic rings. The van der Waals surface area contributed by atoms with Crippen molar-refractivity contribution in [1.82, 2.24) is 0 Å². The molecular weight excluding hydrogens is 176 g/mol. The van der Waals surface area contributed by atoms with E-state index in [1.54, 1.807) is 7.11 Å². The highest BCUT2D eigenvalue weighted by molar-refractivity contribution is 8.08. The van der Waals surface area contributed by atoms with Gasteiger partial charge in [0, 0.05) is 14.2 Å². The Morgan fingerprint density at radius 3 is 2.50 bits per heavy atom. The van der Waals surface area contributed by atoms with Crippen LogP contribution in [0.2, 0.25) is 0 Å². The van der Waals surface area contributed by atoms with Crippen molar-refractivity contribution < 1.29 is 13.7 Å². The molecule has 0 fully saturated rings. The van der Waals surface area contributed by atoms with E-state index in [1.807, 2.05) is 0 Å². The molecule has 0 aliphatic heterocycles. The van der Waals surface area contributed by atoms with Crippen LogP contribution in [-0.4, -0.2) is 36.9 Å². The van der Waals surface area contributed by atoms with Gasteiger partial charge in [0.2, 0.25) is 0 Å². The Bertz CT molecular complexity index is 109. The normalized spacial score (nSPS) is 16.7. The first kappa shape index (κ1) is 10.4. The van der Waals surface area contributed by atoms with Gasteiger partial charge in [0.15, 0.2) is 0 Å². The zero-order valence-corrected chi connectivity index (χ0v) is 7.57. The lowest BCUT2D eigenvalue weighted by atomic mass is 10.4. The molecule has 0 spiro atoms. The van der Waals surface area contributed by atoms with Gasteiger partial charge in [-0.25, -0.2) is 4.21 Å². The van der Waals surface area contributed by atoms with Crippen LogP contribution < -0.4 is 0 Å². The number of ether oxygens (including phenoxy) is 2. The zero-order valence-electron chi connectivity index (χ0n) is 6.00. The molecular formula is C5H11ClO3S. The molecule has 0 heterocycles. The van der Waals surface area contributed by atoms with Gasteiger partial charge >= 0.3 is 0 Å². The Morgan fingerprint density at radius 2 is 2.20 bits per heavy atom. The Labute approximate surface area is 67.6 Å². The third-order valence-corrected chi connectivity index (χ3v) is 2.01. The van der Waals surface area contributed by atoms with E-state index >= 15 is 0 Å². The second-order valence-electron chi connectivity index (χ2n) is 1.77. The molecule has 0 N–H and O–H groups in total. The van der Waals surface area contributed by atoms with Crippen LogP contribution in [0.3, 0.4) is 0 Å². The molecule has 2 unspecified atom stereocenters. The molecule has 62 valence electrons. The minimum Gasteiger partial charge on any atom is -0.382 e. The van der Waals surface area contributed by atoms with Crippen LogP contribution >= 0.6 is 10.7 Å². The summed E-state index contributed by atoms with van der Waals surface area (Å²) in [4.78, 5) is 0. The van der Waals surface area contributed by atoms with E-state index in [-0.39, 0.29) is 6.10 Å². The van der Waals surface area contributed by atoms with Gasteiger partial charge in [-0.1, -0.05) is 0 Å². The monoisotopic (exact) mass is 186 g/mol. The summed E-state index contributed by atoms with van der Waals surface area (Å²) in [5.74, 6) is 0.311. The Hall–Kier alpha value is 0.360. The van der Waals surface area contributed by atoms with Crippen LogP contribution in [0, 0.1) is 0 Å². The molecule has 0 saturated carbocycles. The molecule has 2 atom stereocenters. The molecule has 0 aliphatic carbocycles. The zero-order chi connectivity index (χ0) is 7.98. The number of hydrogen-bond acceptors (Lipinski definition) is 3. The summed E-state index contributed by atoms with van der Waals surface area (Å²) in [5, 5.41) is 0. The maximum atomic E-state index is 10.4. The van der Waals surface area contributed by atoms with Gasteiger partial charge in [-0.2, -0.15) is 0 Å².